The smallest absolute Gasteiger partial charge is 0.254 e. The summed E-state index contributed by atoms with van der Waals surface area (Å²) in [5, 5.41) is 2.73. The number of aryl methyl sites for hydroxylation is 1. The first-order valence-corrected chi connectivity index (χ1v) is 6.63. The molecule has 0 saturated heterocycles. The Hall–Kier alpha value is -2.76. The van der Waals surface area contributed by atoms with Crippen molar-refractivity contribution in [2.45, 2.75) is 13.0 Å². The van der Waals surface area contributed by atoms with Crippen LogP contribution in [-0.2, 0) is 6.54 Å². The van der Waals surface area contributed by atoms with Crippen molar-refractivity contribution in [3.05, 3.63) is 71.3 Å². The molecule has 1 aliphatic rings. The Kier molecular flexibility index (Phi) is 4.98. The highest BCUT2D eigenvalue weighted by Gasteiger charge is 2.08. The van der Waals surface area contributed by atoms with Gasteiger partial charge in [0.15, 0.2) is 12.4 Å². The van der Waals surface area contributed by atoms with Gasteiger partial charge in [-0.15, -0.1) is 4.91 Å². The lowest BCUT2D eigenvalue weighted by Gasteiger charge is -2.17. The van der Waals surface area contributed by atoms with Gasteiger partial charge in [-0.25, -0.2) is 4.57 Å². The van der Waals surface area contributed by atoms with Crippen molar-refractivity contribution < 1.29 is 9.36 Å². The van der Waals surface area contributed by atoms with Crippen molar-refractivity contribution >= 4 is 5.91 Å². The van der Waals surface area contributed by atoms with Crippen molar-refractivity contribution in [3.8, 4) is 0 Å². The van der Waals surface area contributed by atoms with E-state index in [1.807, 2.05) is 46.3 Å². The molecule has 6 heteroatoms. The van der Waals surface area contributed by atoms with E-state index in [4.69, 9.17) is 5.73 Å². The Bertz CT molecular complexity index is 604. The topological polar surface area (TPSA) is 79.6 Å². The Labute approximate surface area is 122 Å². The zero-order chi connectivity index (χ0) is 15.1. The zero-order valence-corrected chi connectivity index (χ0v) is 11.6. The minimum Gasteiger partial charge on any atom is -0.365 e. The first kappa shape index (κ1) is 14.6. The number of rotatable bonds is 6. The average molecular weight is 285 g/mol. The van der Waals surface area contributed by atoms with Crippen LogP contribution < -0.4 is 10.3 Å². The number of nitrogens with two attached hydrogens (primary N) is 1. The average Bonchev–Trinajstić information content (AvgIpc) is 2.50. The standard InChI is InChI=1S/C15H16N4O2/c16-15(20)14-3-1-6-19(12-14)8-2-7-18-9-4-13(5-10-18)11-17-21/h1,3-6,9-12H,2,7-8H2,(H-,16,20)/p+1. The van der Waals surface area contributed by atoms with Gasteiger partial charge in [0.05, 0.1) is 6.20 Å². The molecule has 1 aliphatic heterocycles. The molecule has 0 aromatic carbocycles. The fourth-order valence-electron chi connectivity index (χ4n) is 2.01. The van der Waals surface area contributed by atoms with Crippen LogP contribution in [0.3, 0.4) is 0 Å². The third-order valence-electron chi connectivity index (χ3n) is 3.09. The van der Waals surface area contributed by atoms with Crippen LogP contribution in [0.5, 0.6) is 0 Å². The van der Waals surface area contributed by atoms with E-state index in [0.717, 1.165) is 25.1 Å². The molecular formula is C15H17N4O2+. The molecule has 0 fully saturated rings. The predicted molar refractivity (Wildman–Crippen MR) is 78.6 cm³/mol. The third kappa shape index (κ3) is 4.38. The molecule has 0 saturated carbocycles. The molecule has 2 heterocycles. The lowest BCUT2D eigenvalue weighted by molar-refractivity contribution is -0.697. The summed E-state index contributed by atoms with van der Waals surface area (Å²) in [5.41, 5.74) is 6.54. The van der Waals surface area contributed by atoms with Gasteiger partial charge in [-0.2, -0.15) is 0 Å². The zero-order valence-electron chi connectivity index (χ0n) is 11.6. The molecule has 2 rings (SSSR count). The van der Waals surface area contributed by atoms with Crippen molar-refractivity contribution in [2.24, 2.45) is 10.9 Å². The maximum absolute atomic E-state index is 11.1. The van der Waals surface area contributed by atoms with Crippen LogP contribution in [0.25, 0.3) is 0 Å². The van der Waals surface area contributed by atoms with Crippen LogP contribution in [0.15, 0.2) is 66.0 Å². The Balaban J connectivity index is 1.83. The van der Waals surface area contributed by atoms with E-state index < -0.39 is 5.91 Å². The van der Waals surface area contributed by atoms with Gasteiger partial charge in [0.25, 0.3) is 5.91 Å². The van der Waals surface area contributed by atoms with Gasteiger partial charge in [-0.05, 0) is 29.0 Å². The van der Waals surface area contributed by atoms with Gasteiger partial charge >= 0.3 is 0 Å². The van der Waals surface area contributed by atoms with Crippen molar-refractivity contribution in [2.75, 3.05) is 6.54 Å². The van der Waals surface area contributed by atoms with Crippen molar-refractivity contribution in [3.63, 3.8) is 0 Å². The predicted octanol–water partition coefficient (Wildman–Crippen LogP) is 1.46. The first-order chi connectivity index (χ1) is 10.2. The lowest BCUT2D eigenvalue weighted by Crippen LogP contribution is -2.35. The summed E-state index contributed by atoms with van der Waals surface area (Å²) in [6, 6.07) is 3.51. The van der Waals surface area contributed by atoms with Gasteiger partial charge < -0.3 is 10.6 Å². The van der Waals surface area contributed by atoms with Gasteiger partial charge in [0, 0.05) is 31.4 Å². The van der Waals surface area contributed by atoms with Crippen LogP contribution in [-0.4, -0.2) is 17.4 Å². The van der Waals surface area contributed by atoms with Crippen LogP contribution in [0.1, 0.15) is 16.8 Å². The van der Waals surface area contributed by atoms with Gasteiger partial charge in [0.2, 0.25) is 0 Å². The summed E-state index contributed by atoms with van der Waals surface area (Å²) in [5.74, 6) is -0.422. The number of allylic oxidation sites excluding steroid dienone is 3. The molecule has 6 nitrogen and oxygen atoms in total. The van der Waals surface area contributed by atoms with E-state index in [-0.39, 0.29) is 0 Å². The second-order valence-electron chi connectivity index (χ2n) is 4.65. The molecule has 1 aromatic heterocycles. The third-order valence-corrected chi connectivity index (χ3v) is 3.09. The monoisotopic (exact) mass is 285 g/mol. The number of nitroso groups, excluding NO2 is 1. The fraction of sp³-hybridized carbons (Fsp3) is 0.200. The minimum absolute atomic E-state index is 0.422. The van der Waals surface area contributed by atoms with Gasteiger partial charge in [0.1, 0.15) is 12.1 Å². The van der Waals surface area contributed by atoms with Crippen molar-refractivity contribution in [1.29, 1.82) is 0 Å². The number of amides is 1. The van der Waals surface area contributed by atoms with E-state index in [9.17, 15) is 9.70 Å². The molecule has 1 amide bonds. The Morgan fingerprint density at radius 3 is 2.81 bits per heavy atom. The second kappa shape index (κ2) is 7.14. The fourth-order valence-corrected chi connectivity index (χ4v) is 2.01. The summed E-state index contributed by atoms with van der Waals surface area (Å²) in [7, 11) is 0. The number of carbonyl (C=O) groups is 1. The van der Waals surface area contributed by atoms with E-state index >= 15 is 0 Å². The molecule has 0 unspecified atom stereocenters. The lowest BCUT2D eigenvalue weighted by atomic mass is 10.2. The van der Waals surface area contributed by atoms with Crippen LogP contribution >= 0.6 is 0 Å². The number of hydrogen-bond donors (Lipinski definition) is 1. The molecule has 0 aliphatic carbocycles. The molecular weight excluding hydrogens is 268 g/mol. The number of carbonyl (C=O) groups excluding carboxylic acids is 1. The molecule has 0 atom stereocenters. The SMILES string of the molecule is NC(=O)c1ccc[n+](CCCN2C=CC(=CN=O)C=C2)c1. The summed E-state index contributed by atoms with van der Waals surface area (Å²) >= 11 is 0. The summed E-state index contributed by atoms with van der Waals surface area (Å²) in [4.78, 5) is 23.2. The molecule has 108 valence electrons. The number of primary amides is 1. The van der Waals surface area contributed by atoms with E-state index in [0.29, 0.717) is 5.56 Å². The number of pyridine rings is 1. The quantitative estimate of drug-likeness (QED) is 0.634. The summed E-state index contributed by atoms with van der Waals surface area (Å²) < 4.78 is 1.94. The van der Waals surface area contributed by atoms with Gasteiger partial charge in [-0.3, -0.25) is 4.79 Å². The number of hydrogen-bond acceptors (Lipinski definition) is 4. The molecule has 1 aromatic rings. The van der Waals surface area contributed by atoms with E-state index in [1.54, 1.807) is 12.3 Å². The normalized spacial score (nSPS) is 13.3. The highest BCUT2D eigenvalue weighted by atomic mass is 16.2. The largest absolute Gasteiger partial charge is 0.365 e. The highest BCUT2D eigenvalue weighted by molar-refractivity contribution is 5.92. The van der Waals surface area contributed by atoms with Crippen LogP contribution in [0.4, 0.5) is 0 Å². The minimum atomic E-state index is -0.422. The number of nitrogens with zero attached hydrogens (tertiary/aromatic N) is 3. The first-order valence-electron chi connectivity index (χ1n) is 6.63. The van der Waals surface area contributed by atoms with E-state index in [1.165, 1.54) is 6.20 Å². The molecule has 0 bridgehead atoms. The Morgan fingerprint density at radius 2 is 2.14 bits per heavy atom. The number of aromatic nitrogens is 1. The van der Waals surface area contributed by atoms with Crippen LogP contribution in [0.2, 0.25) is 0 Å². The Morgan fingerprint density at radius 1 is 1.38 bits per heavy atom. The molecule has 2 N–H and O–H groups in total. The highest BCUT2D eigenvalue weighted by Crippen LogP contribution is 2.09. The van der Waals surface area contributed by atoms with Crippen molar-refractivity contribution in [1.82, 2.24) is 4.90 Å². The molecule has 0 spiro atoms. The van der Waals surface area contributed by atoms with Crippen LogP contribution in [0, 0.1) is 4.91 Å². The second-order valence-corrected chi connectivity index (χ2v) is 4.65. The maximum atomic E-state index is 11.1. The molecule has 0 radical (unpaired) electrons. The van der Waals surface area contributed by atoms with Gasteiger partial charge in [-0.1, -0.05) is 0 Å². The molecule has 21 heavy (non-hydrogen) atoms. The summed E-state index contributed by atoms with van der Waals surface area (Å²) in [6.45, 7) is 1.63. The van der Waals surface area contributed by atoms with E-state index in [2.05, 4.69) is 5.18 Å². The maximum Gasteiger partial charge on any atom is 0.254 e. The summed E-state index contributed by atoms with van der Waals surface area (Å²) in [6.07, 6.45) is 13.3.